The van der Waals surface area contributed by atoms with Crippen molar-refractivity contribution in [1.29, 1.82) is 0 Å². The summed E-state index contributed by atoms with van der Waals surface area (Å²) in [5.41, 5.74) is 9.23. The van der Waals surface area contributed by atoms with Crippen molar-refractivity contribution < 1.29 is 0 Å². The number of nitrogens with zero attached hydrogens (tertiary/aromatic N) is 2. The highest BCUT2D eigenvalue weighted by atomic mass is 15.1. The van der Waals surface area contributed by atoms with Gasteiger partial charge in [-0.15, -0.1) is 0 Å². The molecule has 0 aliphatic heterocycles. The molecule has 0 spiro atoms. The molecular weight excluding hydrogens is 222 g/mol. The van der Waals surface area contributed by atoms with Crippen LogP contribution in [0, 0.1) is 6.92 Å². The number of aromatic nitrogens is 2. The molecule has 1 aromatic heterocycles. The first-order valence-electron chi connectivity index (χ1n) is 6.97. The van der Waals surface area contributed by atoms with Crippen LogP contribution < -0.4 is 5.73 Å². The number of rotatable bonds is 2. The van der Waals surface area contributed by atoms with E-state index in [4.69, 9.17) is 10.7 Å². The minimum atomic E-state index is 0.589. The van der Waals surface area contributed by atoms with E-state index in [-0.39, 0.29) is 0 Å². The zero-order chi connectivity index (χ0) is 12.5. The van der Waals surface area contributed by atoms with Crippen LogP contribution in [0.3, 0.4) is 0 Å². The summed E-state index contributed by atoms with van der Waals surface area (Å²) < 4.78 is 2.44. The highest BCUT2D eigenvalue weighted by Gasteiger charge is 2.19. The molecule has 3 rings (SSSR count). The van der Waals surface area contributed by atoms with Gasteiger partial charge in [-0.2, -0.15) is 0 Å². The maximum Gasteiger partial charge on any atom is 0.106 e. The predicted molar refractivity (Wildman–Crippen MR) is 74.5 cm³/mol. The van der Waals surface area contributed by atoms with Gasteiger partial charge in [-0.1, -0.05) is 25.3 Å². The predicted octanol–water partition coefficient (Wildman–Crippen LogP) is 3.31. The summed E-state index contributed by atoms with van der Waals surface area (Å²) in [7, 11) is 0. The smallest absolute Gasteiger partial charge is 0.106 e. The maximum atomic E-state index is 5.69. The number of hydrogen-bond donors (Lipinski definition) is 1. The molecule has 3 heteroatoms. The van der Waals surface area contributed by atoms with Gasteiger partial charge in [-0.3, -0.25) is 0 Å². The SMILES string of the molecule is Cc1nc2cc(CN)ccc2n1C1CCCCC1. The lowest BCUT2D eigenvalue weighted by Crippen LogP contribution is -2.14. The quantitative estimate of drug-likeness (QED) is 0.879. The molecule has 2 N–H and O–H groups in total. The molecule has 1 saturated carbocycles. The number of benzene rings is 1. The number of aryl methyl sites for hydroxylation is 1. The molecule has 1 aliphatic carbocycles. The van der Waals surface area contributed by atoms with E-state index in [0.717, 1.165) is 16.9 Å². The van der Waals surface area contributed by atoms with Gasteiger partial charge in [0.15, 0.2) is 0 Å². The number of hydrogen-bond acceptors (Lipinski definition) is 2. The minimum Gasteiger partial charge on any atom is -0.326 e. The summed E-state index contributed by atoms with van der Waals surface area (Å²) in [6.07, 6.45) is 6.69. The van der Waals surface area contributed by atoms with Crippen molar-refractivity contribution in [3.05, 3.63) is 29.6 Å². The molecule has 18 heavy (non-hydrogen) atoms. The Labute approximate surface area is 108 Å². The Kier molecular flexibility index (Phi) is 3.08. The molecule has 0 atom stereocenters. The second-order valence-corrected chi connectivity index (χ2v) is 5.35. The molecule has 1 aromatic carbocycles. The van der Waals surface area contributed by atoms with E-state index in [1.165, 1.54) is 37.6 Å². The number of nitrogens with two attached hydrogens (primary N) is 1. The van der Waals surface area contributed by atoms with Crippen molar-refractivity contribution >= 4 is 11.0 Å². The molecule has 2 aromatic rings. The summed E-state index contributed by atoms with van der Waals surface area (Å²) in [4.78, 5) is 4.70. The van der Waals surface area contributed by atoms with Crippen LogP contribution in [0.25, 0.3) is 11.0 Å². The van der Waals surface area contributed by atoms with Crippen molar-refractivity contribution in [2.24, 2.45) is 5.73 Å². The minimum absolute atomic E-state index is 0.589. The fraction of sp³-hybridized carbons (Fsp3) is 0.533. The molecule has 0 saturated heterocycles. The van der Waals surface area contributed by atoms with Gasteiger partial charge in [0.2, 0.25) is 0 Å². The summed E-state index contributed by atoms with van der Waals surface area (Å²) in [6, 6.07) is 7.09. The lowest BCUT2D eigenvalue weighted by molar-refractivity contribution is 0.355. The molecule has 1 fully saturated rings. The zero-order valence-electron chi connectivity index (χ0n) is 11.0. The normalized spacial score (nSPS) is 17.4. The number of fused-ring (bicyclic) bond motifs is 1. The third kappa shape index (κ3) is 1.93. The van der Waals surface area contributed by atoms with E-state index in [9.17, 15) is 0 Å². The molecule has 0 radical (unpaired) electrons. The van der Waals surface area contributed by atoms with Gasteiger partial charge in [-0.05, 0) is 37.5 Å². The first kappa shape index (κ1) is 11.7. The molecule has 0 unspecified atom stereocenters. The van der Waals surface area contributed by atoms with Gasteiger partial charge in [0.05, 0.1) is 11.0 Å². The van der Waals surface area contributed by atoms with Gasteiger partial charge in [0.1, 0.15) is 5.82 Å². The van der Waals surface area contributed by atoms with Crippen LogP contribution in [0.15, 0.2) is 18.2 Å². The molecular formula is C15H21N3. The molecule has 1 aliphatic rings. The fourth-order valence-corrected chi connectivity index (χ4v) is 3.19. The van der Waals surface area contributed by atoms with Crippen molar-refractivity contribution in [2.75, 3.05) is 0 Å². The fourth-order valence-electron chi connectivity index (χ4n) is 3.19. The first-order valence-corrected chi connectivity index (χ1v) is 6.97. The Hall–Kier alpha value is -1.35. The Balaban J connectivity index is 2.07. The third-order valence-electron chi connectivity index (χ3n) is 4.11. The van der Waals surface area contributed by atoms with Crippen LogP contribution in [0.2, 0.25) is 0 Å². The Morgan fingerprint density at radius 1 is 1.28 bits per heavy atom. The maximum absolute atomic E-state index is 5.69. The lowest BCUT2D eigenvalue weighted by Gasteiger charge is -2.25. The summed E-state index contributed by atoms with van der Waals surface area (Å²) in [5.74, 6) is 1.14. The Morgan fingerprint density at radius 2 is 2.06 bits per heavy atom. The molecule has 3 nitrogen and oxygen atoms in total. The summed E-state index contributed by atoms with van der Waals surface area (Å²) in [6.45, 7) is 2.71. The largest absolute Gasteiger partial charge is 0.326 e. The van der Waals surface area contributed by atoms with Crippen LogP contribution in [0.1, 0.15) is 49.5 Å². The van der Waals surface area contributed by atoms with Gasteiger partial charge >= 0.3 is 0 Å². The van der Waals surface area contributed by atoms with Gasteiger partial charge in [0.25, 0.3) is 0 Å². The van der Waals surface area contributed by atoms with Crippen LogP contribution in [0.5, 0.6) is 0 Å². The van der Waals surface area contributed by atoms with Gasteiger partial charge < -0.3 is 10.3 Å². The van der Waals surface area contributed by atoms with Crippen molar-refractivity contribution in [3.63, 3.8) is 0 Å². The van der Waals surface area contributed by atoms with E-state index in [1.54, 1.807) is 0 Å². The summed E-state index contributed by atoms with van der Waals surface area (Å²) >= 11 is 0. The van der Waals surface area contributed by atoms with E-state index >= 15 is 0 Å². The Bertz CT molecular complexity index is 550. The van der Waals surface area contributed by atoms with Crippen molar-refractivity contribution in [2.45, 2.75) is 51.6 Å². The van der Waals surface area contributed by atoms with Crippen LogP contribution in [-0.2, 0) is 6.54 Å². The average Bonchev–Trinajstić information content (AvgIpc) is 2.74. The summed E-state index contributed by atoms with van der Waals surface area (Å²) in [5, 5.41) is 0. The molecule has 96 valence electrons. The van der Waals surface area contributed by atoms with Crippen LogP contribution >= 0.6 is 0 Å². The monoisotopic (exact) mass is 243 g/mol. The highest BCUT2D eigenvalue weighted by Crippen LogP contribution is 2.32. The van der Waals surface area contributed by atoms with E-state index in [2.05, 4.69) is 29.7 Å². The van der Waals surface area contributed by atoms with Gasteiger partial charge in [0, 0.05) is 12.6 Å². The van der Waals surface area contributed by atoms with Crippen molar-refractivity contribution in [3.8, 4) is 0 Å². The van der Waals surface area contributed by atoms with Gasteiger partial charge in [-0.25, -0.2) is 4.98 Å². The molecule has 1 heterocycles. The van der Waals surface area contributed by atoms with Crippen LogP contribution in [0.4, 0.5) is 0 Å². The number of imidazole rings is 1. The second kappa shape index (κ2) is 4.73. The topological polar surface area (TPSA) is 43.8 Å². The highest BCUT2D eigenvalue weighted by molar-refractivity contribution is 5.77. The Morgan fingerprint density at radius 3 is 2.78 bits per heavy atom. The van der Waals surface area contributed by atoms with Crippen LogP contribution in [-0.4, -0.2) is 9.55 Å². The first-order chi connectivity index (χ1) is 8.79. The second-order valence-electron chi connectivity index (χ2n) is 5.35. The lowest BCUT2D eigenvalue weighted by atomic mass is 9.95. The standard InChI is InChI=1S/C15H21N3/c1-11-17-14-9-12(10-16)7-8-15(14)18(11)13-5-3-2-4-6-13/h7-9,13H,2-6,10,16H2,1H3. The van der Waals surface area contributed by atoms with E-state index < -0.39 is 0 Å². The van der Waals surface area contributed by atoms with E-state index in [0.29, 0.717) is 12.6 Å². The molecule has 0 bridgehead atoms. The average molecular weight is 243 g/mol. The molecule has 0 amide bonds. The van der Waals surface area contributed by atoms with E-state index in [1.807, 2.05) is 0 Å². The van der Waals surface area contributed by atoms with Crippen molar-refractivity contribution in [1.82, 2.24) is 9.55 Å². The third-order valence-corrected chi connectivity index (χ3v) is 4.11. The zero-order valence-corrected chi connectivity index (χ0v) is 11.0.